The number of hydrogen-bond donors (Lipinski definition) is 0. The SMILES string of the molecule is c1noc(C2[C@H]3CCC[C@@H]23)n1. The van der Waals surface area contributed by atoms with Gasteiger partial charge in [-0.25, -0.2) is 0 Å². The van der Waals surface area contributed by atoms with Gasteiger partial charge in [0.2, 0.25) is 5.89 Å². The summed E-state index contributed by atoms with van der Waals surface area (Å²) in [6.45, 7) is 0. The zero-order valence-corrected chi connectivity index (χ0v) is 6.23. The molecule has 0 N–H and O–H groups in total. The highest BCUT2D eigenvalue weighted by Gasteiger charge is 2.55. The van der Waals surface area contributed by atoms with Gasteiger partial charge in [0.25, 0.3) is 0 Å². The van der Waals surface area contributed by atoms with E-state index in [1.165, 1.54) is 25.6 Å². The van der Waals surface area contributed by atoms with Crippen molar-refractivity contribution >= 4 is 0 Å². The van der Waals surface area contributed by atoms with E-state index in [0.717, 1.165) is 17.7 Å². The van der Waals surface area contributed by atoms with Crippen molar-refractivity contribution in [2.75, 3.05) is 0 Å². The average molecular weight is 150 g/mol. The van der Waals surface area contributed by atoms with E-state index in [9.17, 15) is 0 Å². The third kappa shape index (κ3) is 0.682. The highest BCUT2D eigenvalue weighted by atomic mass is 16.5. The van der Waals surface area contributed by atoms with Crippen LogP contribution >= 0.6 is 0 Å². The Morgan fingerprint density at radius 1 is 1.36 bits per heavy atom. The predicted molar refractivity (Wildman–Crippen MR) is 37.9 cm³/mol. The maximum Gasteiger partial charge on any atom is 0.230 e. The Morgan fingerprint density at radius 2 is 2.18 bits per heavy atom. The lowest BCUT2D eigenvalue weighted by molar-refractivity contribution is 0.367. The van der Waals surface area contributed by atoms with Crippen LogP contribution in [-0.4, -0.2) is 10.1 Å². The van der Waals surface area contributed by atoms with Crippen LogP contribution in [0.15, 0.2) is 10.9 Å². The Morgan fingerprint density at radius 3 is 2.82 bits per heavy atom. The second-order valence-corrected chi connectivity index (χ2v) is 3.56. The van der Waals surface area contributed by atoms with Crippen molar-refractivity contribution in [1.29, 1.82) is 0 Å². The minimum atomic E-state index is 0.631. The van der Waals surface area contributed by atoms with E-state index < -0.39 is 0 Å². The molecule has 1 aromatic heterocycles. The number of rotatable bonds is 1. The molecule has 0 aromatic carbocycles. The van der Waals surface area contributed by atoms with Gasteiger partial charge in [0, 0.05) is 5.92 Å². The zero-order valence-electron chi connectivity index (χ0n) is 6.23. The summed E-state index contributed by atoms with van der Waals surface area (Å²) in [4.78, 5) is 4.08. The minimum absolute atomic E-state index is 0.631. The summed E-state index contributed by atoms with van der Waals surface area (Å²) >= 11 is 0. The summed E-state index contributed by atoms with van der Waals surface area (Å²) in [5.74, 6) is 3.27. The normalized spacial score (nSPS) is 40.5. The average Bonchev–Trinajstić information content (AvgIpc) is 2.57. The van der Waals surface area contributed by atoms with Crippen LogP contribution in [0.1, 0.15) is 31.1 Å². The van der Waals surface area contributed by atoms with Crippen molar-refractivity contribution < 1.29 is 4.52 Å². The van der Waals surface area contributed by atoms with Gasteiger partial charge in [-0.05, 0) is 24.7 Å². The fourth-order valence-electron chi connectivity index (χ4n) is 2.52. The van der Waals surface area contributed by atoms with Crippen molar-refractivity contribution in [1.82, 2.24) is 10.1 Å². The first-order valence-electron chi connectivity index (χ1n) is 4.23. The first-order chi connectivity index (χ1) is 5.47. The van der Waals surface area contributed by atoms with E-state index in [4.69, 9.17) is 4.52 Å². The summed E-state index contributed by atoms with van der Waals surface area (Å²) in [7, 11) is 0. The standard InChI is InChI=1S/C8H10N2O/c1-2-5-6(3-1)7(5)8-9-4-10-11-8/h4-7H,1-3H2/t5-,6+,7?. The number of nitrogens with zero attached hydrogens (tertiary/aromatic N) is 2. The molecule has 1 aromatic rings. The lowest BCUT2D eigenvalue weighted by Crippen LogP contribution is -1.86. The Bertz CT molecular complexity index is 247. The molecule has 1 unspecified atom stereocenters. The zero-order chi connectivity index (χ0) is 7.26. The number of fused-ring (bicyclic) bond motifs is 1. The van der Waals surface area contributed by atoms with Gasteiger partial charge in [0.05, 0.1) is 0 Å². The van der Waals surface area contributed by atoms with Crippen molar-refractivity contribution in [2.45, 2.75) is 25.2 Å². The Kier molecular flexibility index (Phi) is 0.962. The lowest BCUT2D eigenvalue weighted by atomic mass is 10.1. The molecule has 3 nitrogen and oxygen atoms in total. The van der Waals surface area contributed by atoms with Crippen molar-refractivity contribution in [3.63, 3.8) is 0 Å². The molecule has 58 valence electrons. The van der Waals surface area contributed by atoms with E-state index in [1.54, 1.807) is 0 Å². The molecular formula is C8H10N2O. The molecule has 3 rings (SSSR count). The molecule has 11 heavy (non-hydrogen) atoms. The molecule has 1 heterocycles. The second-order valence-electron chi connectivity index (χ2n) is 3.56. The first-order valence-corrected chi connectivity index (χ1v) is 4.23. The van der Waals surface area contributed by atoms with E-state index in [1.807, 2.05) is 0 Å². The van der Waals surface area contributed by atoms with Crippen LogP contribution in [-0.2, 0) is 0 Å². The molecule has 0 radical (unpaired) electrons. The summed E-state index contributed by atoms with van der Waals surface area (Å²) < 4.78 is 5.03. The second kappa shape index (κ2) is 1.84. The van der Waals surface area contributed by atoms with Crippen LogP contribution in [0.2, 0.25) is 0 Å². The topological polar surface area (TPSA) is 38.9 Å². The van der Waals surface area contributed by atoms with E-state index in [2.05, 4.69) is 10.1 Å². The monoisotopic (exact) mass is 150 g/mol. The van der Waals surface area contributed by atoms with Gasteiger partial charge in [-0.2, -0.15) is 4.98 Å². The molecule has 2 aliphatic carbocycles. The van der Waals surface area contributed by atoms with Gasteiger partial charge < -0.3 is 4.52 Å². The summed E-state index contributed by atoms with van der Waals surface area (Å²) in [5.41, 5.74) is 0. The van der Waals surface area contributed by atoms with Crippen LogP contribution in [0.5, 0.6) is 0 Å². The molecule has 2 aliphatic rings. The molecule has 2 fully saturated rings. The molecule has 0 spiro atoms. The fraction of sp³-hybridized carbons (Fsp3) is 0.750. The molecule has 0 aliphatic heterocycles. The van der Waals surface area contributed by atoms with E-state index >= 15 is 0 Å². The van der Waals surface area contributed by atoms with Crippen LogP contribution in [0.25, 0.3) is 0 Å². The molecule has 0 saturated heterocycles. The maximum absolute atomic E-state index is 5.03. The smallest absolute Gasteiger partial charge is 0.230 e. The van der Waals surface area contributed by atoms with Gasteiger partial charge >= 0.3 is 0 Å². The lowest BCUT2D eigenvalue weighted by Gasteiger charge is -1.94. The Labute approximate surface area is 64.8 Å². The van der Waals surface area contributed by atoms with Crippen molar-refractivity contribution in [3.8, 4) is 0 Å². The van der Waals surface area contributed by atoms with Gasteiger partial charge in [-0.3, -0.25) is 0 Å². The van der Waals surface area contributed by atoms with Crippen molar-refractivity contribution in [3.05, 3.63) is 12.2 Å². The number of hydrogen-bond acceptors (Lipinski definition) is 3. The van der Waals surface area contributed by atoms with Gasteiger partial charge in [-0.1, -0.05) is 11.6 Å². The highest BCUT2D eigenvalue weighted by Crippen LogP contribution is 2.62. The first kappa shape index (κ1) is 5.75. The number of aromatic nitrogens is 2. The summed E-state index contributed by atoms with van der Waals surface area (Å²) in [6.07, 6.45) is 5.65. The van der Waals surface area contributed by atoms with Crippen LogP contribution in [0.4, 0.5) is 0 Å². The van der Waals surface area contributed by atoms with Gasteiger partial charge in [0.15, 0.2) is 6.33 Å². The molecular weight excluding hydrogens is 140 g/mol. The molecule has 3 heteroatoms. The van der Waals surface area contributed by atoms with E-state index in [-0.39, 0.29) is 0 Å². The fourth-order valence-corrected chi connectivity index (χ4v) is 2.52. The van der Waals surface area contributed by atoms with E-state index in [0.29, 0.717) is 5.92 Å². The third-order valence-electron chi connectivity index (χ3n) is 3.07. The largest absolute Gasteiger partial charge is 0.339 e. The van der Waals surface area contributed by atoms with Crippen molar-refractivity contribution in [2.24, 2.45) is 11.8 Å². The molecule has 0 amide bonds. The predicted octanol–water partition coefficient (Wildman–Crippen LogP) is 1.58. The van der Waals surface area contributed by atoms with Gasteiger partial charge in [0.1, 0.15) is 0 Å². The Balaban J connectivity index is 1.85. The quantitative estimate of drug-likeness (QED) is 0.610. The maximum atomic E-state index is 5.03. The van der Waals surface area contributed by atoms with Crippen LogP contribution < -0.4 is 0 Å². The van der Waals surface area contributed by atoms with Crippen LogP contribution in [0.3, 0.4) is 0 Å². The van der Waals surface area contributed by atoms with Crippen LogP contribution in [0, 0.1) is 11.8 Å². The van der Waals surface area contributed by atoms with Gasteiger partial charge in [-0.15, -0.1) is 0 Å². The molecule has 0 bridgehead atoms. The highest BCUT2D eigenvalue weighted by molar-refractivity contribution is 5.14. The Hall–Kier alpha value is -0.860. The third-order valence-corrected chi connectivity index (χ3v) is 3.07. The minimum Gasteiger partial charge on any atom is -0.339 e. The molecule has 3 atom stereocenters. The molecule has 2 saturated carbocycles. The summed E-state index contributed by atoms with van der Waals surface area (Å²) in [6, 6.07) is 0. The summed E-state index contributed by atoms with van der Waals surface area (Å²) in [5, 5.41) is 3.62.